The molecular weight excluding hydrogens is 304 g/mol. The van der Waals surface area contributed by atoms with Crippen LogP contribution in [0.5, 0.6) is 0 Å². The van der Waals surface area contributed by atoms with Gasteiger partial charge in [-0.2, -0.15) is 0 Å². The minimum absolute atomic E-state index is 0.0210. The van der Waals surface area contributed by atoms with Crippen molar-refractivity contribution in [3.05, 3.63) is 23.8 Å². The van der Waals surface area contributed by atoms with Crippen LogP contribution in [0.2, 0.25) is 0 Å². The van der Waals surface area contributed by atoms with E-state index in [4.69, 9.17) is 14.2 Å². The summed E-state index contributed by atoms with van der Waals surface area (Å²) in [5, 5.41) is 0. The van der Waals surface area contributed by atoms with Gasteiger partial charge < -0.3 is 14.2 Å². The highest BCUT2D eigenvalue weighted by atomic mass is 16.7. The van der Waals surface area contributed by atoms with Crippen molar-refractivity contribution in [3.8, 4) is 0 Å². The predicted octanol–water partition coefficient (Wildman–Crippen LogP) is 4.55. The van der Waals surface area contributed by atoms with E-state index in [9.17, 15) is 4.79 Å². The molecule has 4 nitrogen and oxygen atoms in total. The second kappa shape index (κ2) is 11.4. The topological polar surface area (TPSA) is 44.8 Å². The number of hydrogen-bond donors (Lipinski definition) is 0. The first-order chi connectivity index (χ1) is 11.8. The maximum atomic E-state index is 11.4. The quantitative estimate of drug-likeness (QED) is 0.371. The average molecular weight is 336 g/mol. The van der Waals surface area contributed by atoms with E-state index in [0.29, 0.717) is 12.5 Å². The molecule has 2 rings (SSSR count). The Labute approximate surface area is 146 Å². The van der Waals surface area contributed by atoms with Crippen LogP contribution in [0.15, 0.2) is 23.8 Å². The molecule has 0 bridgehead atoms. The second-order valence-corrected chi connectivity index (χ2v) is 6.60. The van der Waals surface area contributed by atoms with Crippen molar-refractivity contribution >= 4 is 5.97 Å². The van der Waals surface area contributed by atoms with Crippen LogP contribution in [0.1, 0.15) is 64.7 Å². The fourth-order valence-electron chi connectivity index (χ4n) is 3.49. The van der Waals surface area contributed by atoms with Crippen LogP contribution in [0.4, 0.5) is 0 Å². The standard InChI is InChI=1S/C20H32O4/c1-2-22-19(21)13-7-11-17-9-3-4-10-18(17)12-8-16-24-20-14-5-6-15-23-20/h7,11,13,18,20H,2-6,8-10,12,14-16H2,1H3/b13-7+,17-11+. The van der Waals surface area contributed by atoms with Crippen LogP contribution >= 0.6 is 0 Å². The molecule has 1 aliphatic heterocycles. The van der Waals surface area contributed by atoms with E-state index in [-0.39, 0.29) is 12.3 Å². The Balaban J connectivity index is 1.71. The smallest absolute Gasteiger partial charge is 0.330 e. The highest BCUT2D eigenvalue weighted by Crippen LogP contribution is 2.32. The minimum atomic E-state index is -0.261. The Kier molecular flexibility index (Phi) is 9.14. The molecule has 0 amide bonds. The molecule has 2 unspecified atom stereocenters. The third kappa shape index (κ3) is 7.18. The van der Waals surface area contributed by atoms with Crippen molar-refractivity contribution < 1.29 is 19.0 Å². The molecule has 1 saturated heterocycles. The van der Waals surface area contributed by atoms with Crippen LogP contribution in [-0.2, 0) is 19.0 Å². The van der Waals surface area contributed by atoms with Gasteiger partial charge in [0.1, 0.15) is 0 Å². The zero-order valence-electron chi connectivity index (χ0n) is 15.0. The Morgan fingerprint density at radius 1 is 1.25 bits per heavy atom. The number of hydrogen-bond acceptors (Lipinski definition) is 4. The maximum absolute atomic E-state index is 11.4. The lowest BCUT2D eigenvalue weighted by molar-refractivity contribution is -0.163. The van der Waals surface area contributed by atoms with Crippen molar-refractivity contribution in [1.82, 2.24) is 0 Å². The van der Waals surface area contributed by atoms with E-state index in [1.807, 2.05) is 13.0 Å². The highest BCUT2D eigenvalue weighted by Gasteiger charge is 2.19. The van der Waals surface area contributed by atoms with Gasteiger partial charge in [-0.25, -0.2) is 4.79 Å². The van der Waals surface area contributed by atoms with Gasteiger partial charge in [0.25, 0.3) is 0 Å². The molecule has 0 radical (unpaired) electrons. The molecule has 0 aromatic heterocycles. The summed E-state index contributed by atoms with van der Waals surface area (Å²) in [5.41, 5.74) is 1.47. The summed E-state index contributed by atoms with van der Waals surface area (Å²) in [7, 11) is 0. The van der Waals surface area contributed by atoms with Gasteiger partial charge in [0.05, 0.1) is 6.61 Å². The lowest BCUT2D eigenvalue weighted by Gasteiger charge is -2.26. The molecule has 0 spiro atoms. The number of rotatable bonds is 8. The normalized spacial score (nSPS) is 26.8. The molecule has 0 N–H and O–H groups in total. The third-order valence-electron chi connectivity index (χ3n) is 4.76. The van der Waals surface area contributed by atoms with Crippen molar-refractivity contribution in [2.24, 2.45) is 5.92 Å². The maximum Gasteiger partial charge on any atom is 0.330 e. The minimum Gasteiger partial charge on any atom is -0.463 e. The monoisotopic (exact) mass is 336 g/mol. The molecule has 0 aromatic carbocycles. The van der Waals surface area contributed by atoms with Crippen LogP contribution in [0, 0.1) is 5.92 Å². The molecule has 2 atom stereocenters. The van der Waals surface area contributed by atoms with Crippen molar-refractivity contribution in [3.63, 3.8) is 0 Å². The SMILES string of the molecule is CCOC(=O)/C=C/C=C1\CCCCC1CCCOC1CCCCO1. The Morgan fingerprint density at radius 3 is 2.92 bits per heavy atom. The van der Waals surface area contributed by atoms with Gasteiger partial charge >= 0.3 is 5.97 Å². The molecule has 2 fully saturated rings. The summed E-state index contributed by atoms with van der Waals surface area (Å²) < 4.78 is 16.3. The fraction of sp³-hybridized carbons (Fsp3) is 0.750. The van der Waals surface area contributed by atoms with E-state index in [1.54, 1.807) is 0 Å². The summed E-state index contributed by atoms with van der Waals surface area (Å²) in [6.07, 6.45) is 16.1. The summed E-state index contributed by atoms with van der Waals surface area (Å²) in [6.45, 7) is 3.87. The molecule has 2 aliphatic rings. The van der Waals surface area contributed by atoms with Gasteiger partial charge in [-0.3, -0.25) is 0 Å². The van der Waals surface area contributed by atoms with Crippen molar-refractivity contribution in [1.29, 1.82) is 0 Å². The Hall–Kier alpha value is -1.13. The Bertz CT molecular complexity index is 421. The van der Waals surface area contributed by atoms with Crippen molar-refractivity contribution in [2.45, 2.75) is 71.0 Å². The van der Waals surface area contributed by atoms with Gasteiger partial charge in [0.2, 0.25) is 0 Å². The number of allylic oxidation sites excluding steroid dienone is 3. The molecular formula is C20H32O4. The molecule has 4 heteroatoms. The summed E-state index contributed by atoms with van der Waals surface area (Å²) in [5.74, 6) is 0.365. The van der Waals surface area contributed by atoms with Gasteiger partial charge in [-0.15, -0.1) is 0 Å². The van der Waals surface area contributed by atoms with Crippen LogP contribution in [0.25, 0.3) is 0 Å². The van der Waals surface area contributed by atoms with Crippen LogP contribution in [0.3, 0.4) is 0 Å². The summed E-state index contributed by atoms with van der Waals surface area (Å²) in [6, 6.07) is 0. The summed E-state index contributed by atoms with van der Waals surface area (Å²) in [4.78, 5) is 11.4. The lowest BCUT2D eigenvalue weighted by Crippen LogP contribution is -2.23. The van der Waals surface area contributed by atoms with E-state index >= 15 is 0 Å². The molecule has 136 valence electrons. The average Bonchev–Trinajstić information content (AvgIpc) is 2.61. The predicted molar refractivity (Wildman–Crippen MR) is 94.6 cm³/mol. The van der Waals surface area contributed by atoms with Crippen LogP contribution < -0.4 is 0 Å². The first-order valence-corrected chi connectivity index (χ1v) is 9.56. The highest BCUT2D eigenvalue weighted by molar-refractivity contribution is 5.82. The van der Waals surface area contributed by atoms with E-state index in [0.717, 1.165) is 45.3 Å². The molecule has 24 heavy (non-hydrogen) atoms. The lowest BCUT2D eigenvalue weighted by atomic mass is 9.81. The van der Waals surface area contributed by atoms with Gasteiger partial charge in [-0.05, 0) is 64.2 Å². The van der Waals surface area contributed by atoms with Gasteiger partial charge in [0.15, 0.2) is 6.29 Å². The number of carbonyl (C=O) groups excluding carboxylic acids is 1. The van der Waals surface area contributed by atoms with E-state index < -0.39 is 0 Å². The largest absolute Gasteiger partial charge is 0.463 e. The Morgan fingerprint density at radius 2 is 2.12 bits per heavy atom. The molecule has 1 aliphatic carbocycles. The molecule has 0 aromatic rings. The van der Waals surface area contributed by atoms with Gasteiger partial charge in [0, 0.05) is 19.3 Å². The first-order valence-electron chi connectivity index (χ1n) is 9.56. The summed E-state index contributed by atoms with van der Waals surface area (Å²) >= 11 is 0. The third-order valence-corrected chi connectivity index (χ3v) is 4.76. The number of esters is 1. The second-order valence-electron chi connectivity index (χ2n) is 6.60. The number of ether oxygens (including phenoxy) is 3. The molecule has 1 saturated carbocycles. The molecule has 1 heterocycles. The first kappa shape index (κ1) is 19.2. The van der Waals surface area contributed by atoms with Crippen LogP contribution in [-0.4, -0.2) is 32.1 Å². The zero-order valence-corrected chi connectivity index (χ0v) is 15.0. The fourth-order valence-corrected chi connectivity index (χ4v) is 3.49. The zero-order chi connectivity index (χ0) is 17.0. The van der Waals surface area contributed by atoms with Gasteiger partial charge in [-0.1, -0.05) is 24.1 Å². The van der Waals surface area contributed by atoms with E-state index in [1.165, 1.54) is 37.3 Å². The number of carbonyl (C=O) groups is 1. The van der Waals surface area contributed by atoms with Crippen molar-refractivity contribution in [2.75, 3.05) is 19.8 Å². The van der Waals surface area contributed by atoms with E-state index in [2.05, 4.69) is 6.08 Å².